The van der Waals surface area contributed by atoms with Gasteiger partial charge in [-0.05, 0) is 52.6 Å². The van der Waals surface area contributed by atoms with Crippen molar-refractivity contribution in [2.24, 2.45) is 5.92 Å². The normalized spacial score (nSPS) is 15.6. The maximum atomic E-state index is 10.4. The third-order valence-corrected chi connectivity index (χ3v) is 3.96. The Hall–Kier alpha value is -1.34. The molecule has 18 heavy (non-hydrogen) atoms. The second-order valence-corrected chi connectivity index (χ2v) is 5.80. The van der Waals surface area contributed by atoms with Gasteiger partial charge in [0.05, 0.1) is 6.10 Å². The van der Waals surface area contributed by atoms with E-state index in [4.69, 9.17) is 0 Å². The zero-order valence-corrected chi connectivity index (χ0v) is 11.1. The van der Waals surface area contributed by atoms with Gasteiger partial charge in [-0.3, -0.25) is 0 Å². The summed E-state index contributed by atoms with van der Waals surface area (Å²) in [6, 6.07) is 10.8. The average molecular weight is 240 g/mol. The number of hydrogen-bond donors (Lipinski definition) is 1. The molecule has 2 aromatic rings. The fourth-order valence-electron chi connectivity index (χ4n) is 3.13. The summed E-state index contributed by atoms with van der Waals surface area (Å²) >= 11 is 0. The lowest BCUT2D eigenvalue weighted by molar-refractivity contribution is 0.152. The SMILES string of the molecule is CC(C)CC(O)c1ccc2c3c(cccc13)CC2. The Morgan fingerprint density at radius 3 is 2.50 bits per heavy atom. The highest BCUT2D eigenvalue weighted by atomic mass is 16.3. The molecule has 1 heteroatoms. The fourth-order valence-corrected chi connectivity index (χ4v) is 3.13. The van der Waals surface area contributed by atoms with Gasteiger partial charge in [0.15, 0.2) is 0 Å². The van der Waals surface area contributed by atoms with Gasteiger partial charge in [-0.15, -0.1) is 0 Å². The topological polar surface area (TPSA) is 20.2 Å². The van der Waals surface area contributed by atoms with Gasteiger partial charge in [0.25, 0.3) is 0 Å². The molecule has 0 aromatic heterocycles. The molecule has 0 amide bonds. The van der Waals surface area contributed by atoms with Crippen LogP contribution < -0.4 is 0 Å². The number of benzene rings is 2. The van der Waals surface area contributed by atoms with Crippen LogP contribution in [0, 0.1) is 5.92 Å². The van der Waals surface area contributed by atoms with Gasteiger partial charge in [0.2, 0.25) is 0 Å². The van der Waals surface area contributed by atoms with Gasteiger partial charge in [0, 0.05) is 0 Å². The summed E-state index contributed by atoms with van der Waals surface area (Å²) in [5, 5.41) is 13.1. The molecule has 1 nitrogen and oxygen atoms in total. The van der Waals surface area contributed by atoms with Crippen molar-refractivity contribution in [3.05, 3.63) is 47.0 Å². The van der Waals surface area contributed by atoms with Gasteiger partial charge in [0.1, 0.15) is 0 Å². The van der Waals surface area contributed by atoms with E-state index in [-0.39, 0.29) is 6.10 Å². The third kappa shape index (κ3) is 1.83. The highest BCUT2D eigenvalue weighted by Crippen LogP contribution is 2.36. The molecule has 1 N–H and O–H groups in total. The van der Waals surface area contributed by atoms with E-state index >= 15 is 0 Å². The molecule has 0 aliphatic heterocycles. The molecule has 0 fully saturated rings. The van der Waals surface area contributed by atoms with E-state index < -0.39 is 0 Å². The van der Waals surface area contributed by atoms with Crippen LogP contribution in [-0.2, 0) is 12.8 Å². The summed E-state index contributed by atoms with van der Waals surface area (Å²) in [7, 11) is 0. The fraction of sp³-hybridized carbons (Fsp3) is 0.412. The lowest BCUT2D eigenvalue weighted by Crippen LogP contribution is -2.03. The van der Waals surface area contributed by atoms with Crippen LogP contribution in [0.2, 0.25) is 0 Å². The van der Waals surface area contributed by atoms with Gasteiger partial charge in [-0.2, -0.15) is 0 Å². The van der Waals surface area contributed by atoms with Crippen molar-refractivity contribution < 1.29 is 5.11 Å². The first-order valence-electron chi connectivity index (χ1n) is 6.88. The van der Waals surface area contributed by atoms with E-state index in [9.17, 15) is 5.11 Å². The summed E-state index contributed by atoms with van der Waals surface area (Å²) in [5.41, 5.74) is 3.99. The summed E-state index contributed by atoms with van der Waals surface area (Å²) in [5.74, 6) is 0.517. The largest absolute Gasteiger partial charge is 0.388 e. The molecule has 0 heterocycles. The van der Waals surface area contributed by atoms with Crippen LogP contribution in [-0.4, -0.2) is 5.11 Å². The Labute approximate surface area is 108 Å². The minimum atomic E-state index is -0.338. The number of aliphatic hydroxyl groups is 1. The summed E-state index contributed by atoms with van der Waals surface area (Å²) in [6.07, 6.45) is 2.79. The molecule has 1 atom stereocenters. The van der Waals surface area contributed by atoms with Crippen LogP contribution in [0.1, 0.15) is 43.1 Å². The predicted molar refractivity (Wildman–Crippen MR) is 75.8 cm³/mol. The van der Waals surface area contributed by atoms with E-state index in [1.807, 2.05) is 0 Å². The van der Waals surface area contributed by atoms with E-state index in [0.717, 1.165) is 24.8 Å². The second-order valence-electron chi connectivity index (χ2n) is 5.80. The van der Waals surface area contributed by atoms with Crippen molar-refractivity contribution in [2.45, 2.75) is 39.2 Å². The van der Waals surface area contributed by atoms with Crippen LogP contribution >= 0.6 is 0 Å². The first kappa shape index (κ1) is 11.7. The minimum Gasteiger partial charge on any atom is -0.388 e. The summed E-state index contributed by atoms with van der Waals surface area (Å²) in [4.78, 5) is 0. The molecule has 2 aromatic carbocycles. The Bertz CT molecular complexity index is 573. The highest BCUT2D eigenvalue weighted by Gasteiger charge is 2.19. The van der Waals surface area contributed by atoms with E-state index in [1.54, 1.807) is 0 Å². The van der Waals surface area contributed by atoms with Crippen LogP contribution in [0.25, 0.3) is 10.8 Å². The summed E-state index contributed by atoms with van der Waals surface area (Å²) in [6.45, 7) is 4.31. The van der Waals surface area contributed by atoms with Crippen molar-refractivity contribution in [3.63, 3.8) is 0 Å². The van der Waals surface area contributed by atoms with Crippen LogP contribution in [0.4, 0.5) is 0 Å². The first-order valence-corrected chi connectivity index (χ1v) is 6.88. The monoisotopic (exact) mass is 240 g/mol. The molecule has 1 aliphatic carbocycles. The minimum absolute atomic E-state index is 0.338. The average Bonchev–Trinajstić information content (AvgIpc) is 2.74. The van der Waals surface area contributed by atoms with Crippen LogP contribution in [0.5, 0.6) is 0 Å². The molecule has 0 saturated heterocycles. The molecule has 1 aliphatic rings. The Balaban J connectivity index is 2.14. The molecule has 0 spiro atoms. The maximum absolute atomic E-state index is 10.4. The second kappa shape index (κ2) is 4.40. The van der Waals surface area contributed by atoms with Crippen molar-refractivity contribution in [2.75, 3.05) is 0 Å². The zero-order valence-electron chi connectivity index (χ0n) is 11.1. The van der Waals surface area contributed by atoms with Crippen LogP contribution in [0.15, 0.2) is 30.3 Å². The lowest BCUT2D eigenvalue weighted by Gasteiger charge is -2.16. The standard InChI is InChI=1S/C17H20O/c1-11(2)10-16(18)14-9-8-13-7-6-12-4-3-5-15(14)17(12)13/h3-5,8-9,11,16,18H,6-7,10H2,1-2H3. The van der Waals surface area contributed by atoms with Gasteiger partial charge >= 0.3 is 0 Å². The van der Waals surface area contributed by atoms with Crippen molar-refractivity contribution in [3.8, 4) is 0 Å². The van der Waals surface area contributed by atoms with E-state index in [1.165, 1.54) is 21.9 Å². The van der Waals surface area contributed by atoms with Crippen molar-refractivity contribution >= 4 is 10.8 Å². The summed E-state index contributed by atoms with van der Waals surface area (Å²) < 4.78 is 0. The Morgan fingerprint density at radius 2 is 1.78 bits per heavy atom. The zero-order chi connectivity index (χ0) is 12.7. The number of aliphatic hydroxyl groups excluding tert-OH is 1. The molecule has 0 bridgehead atoms. The molecule has 1 unspecified atom stereocenters. The van der Waals surface area contributed by atoms with Crippen LogP contribution in [0.3, 0.4) is 0 Å². The van der Waals surface area contributed by atoms with Crippen molar-refractivity contribution in [1.29, 1.82) is 0 Å². The highest BCUT2D eigenvalue weighted by molar-refractivity contribution is 5.93. The third-order valence-electron chi connectivity index (χ3n) is 3.96. The first-order chi connectivity index (χ1) is 8.66. The lowest BCUT2D eigenvalue weighted by atomic mass is 9.93. The van der Waals surface area contributed by atoms with E-state index in [0.29, 0.717) is 5.92 Å². The Morgan fingerprint density at radius 1 is 1.06 bits per heavy atom. The van der Waals surface area contributed by atoms with Gasteiger partial charge in [-0.25, -0.2) is 0 Å². The molecule has 0 radical (unpaired) electrons. The molecule has 94 valence electrons. The van der Waals surface area contributed by atoms with E-state index in [2.05, 4.69) is 44.2 Å². The van der Waals surface area contributed by atoms with Gasteiger partial charge in [-0.1, -0.05) is 44.2 Å². The molecular weight excluding hydrogens is 220 g/mol. The predicted octanol–water partition coefficient (Wildman–Crippen LogP) is 4.02. The Kier molecular flexibility index (Phi) is 2.87. The van der Waals surface area contributed by atoms with Crippen molar-refractivity contribution in [1.82, 2.24) is 0 Å². The molecule has 3 rings (SSSR count). The number of rotatable bonds is 3. The smallest absolute Gasteiger partial charge is 0.0798 e. The molecule has 0 saturated carbocycles. The maximum Gasteiger partial charge on any atom is 0.0798 e. The van der Waals surface area contributed by atoms with Gasteiger partial charge < -0.3 is 5.11 Å². The quantitative estimate of drug-likeness (QED) is 0.859. The molecular formula is C17H20O. The number of aryl methyl sites for hydroxylation is 2. The number of hydrogen-bond acceptors (Lipinski definition) is 1.